The van der Waals surface area contributed by atoms with Crippen LogP contribution in [-0.4, -0.2) is 70.6 Å². The lowest BCUT2D eigenvalue weighted by Crippen LogP contribution is -2.49. The van der Waals surface area contributed by atoms with Gasteiger partial charge in [-0.3, -0.25) is 9.69 Å². The Balaban J connectivity index is 1.18. The molecule has 182 valence electrons. The number of hydrogen-bond acceptors (Lipinski definition) is 4. The number of piperazine rings is 1. The number of fused-ring (bicyclic) bond motifs is 2. The first-order valence-corrected chi connectivity index (χ1v) is 12.3. The fraction of sp³-hybridized carbons (Fsp3) is 0.241. The lowest BCUT2D eigenvalue weighted by atomic mass is 10.0. The minimum atomic E-state index is 0.0719. The molecule has 1 saturated heterocycles. The molecule has 2 N–H and O–H groups in total. The molecule has 0 bridgehead atoms. The summed E-state index contributed by atoms with van der Waals surface area (Å²) in [4.78, 5) is 27.6. The number of hydrogen-bond donors (Lipinski definition) is 2. The average Bonchev–Trinajstić information content (AvgIpc) is 3.56. The summed E-state index contributed by atoms with van der Waals surface area (Å²) in [5.74, 6) is 0.0719. The molecule has 1 fully saturated rings. The molecule has 6 rings (SSSR count). The van der Waals surface area contributed by atoms with Crippen LogP contribution in [0, 0.1) is 0 Å². The number of nitrogens with zero attached hydrogens (tertiary/aromatic N) is 3. The lowest BCUT2D eigenvalue weighted by molar-refractivity contribution is -0.136. The zero-order valence-electron chi connectivity index (χ0n) is 20.3. The largest absolute Gasteiger partial charge is 0.375 e. The monoisotopic (exact) mass is 479 g/mol. The highest BCUT2D eigenvalue weighted by molar-refractivity contribution is 5.98. The van der Waals surface area contributed by atoms with Gasteiger partial charge in [-0.1, -0.05) is 30.3 Å². The zero-order valence-corrected chi connectivity index (χ0v) is 20.3. The van der Waals surface area contributed by atoms with Gasteiger partial charge in [0.15, 0.2) is 0 Å². The summed E-state index contributed by atoms with van der Waals surface area (Å²) in [5.41, 5.74) is 7.88. The number of rotatable bonds is 6. The van der Waals surface area contributed by atoms with E-state index >= 15 is 0 Å². The molecule has 4 heterocycles. The normalized spacial score (nSPS) is 14.6. The Morgan fingerprint density at radius 1 is 0.944 bits per heavy atom. The quantitative estimate of drug-likeness (QED) is 0.371. The Bertz CT molecular complexity index is 1510. The maximum atomic E-state index is 12.0. The van der Waals surface area contributed by atoms with E-state index in [0.29, 0.717) is 0 Å². The summed E-state index contributed by atoms with van der Waals surface area (Å²) < 4.78 is 4.98. The molecule has 0 spiro atoms. The standard InChI is InChI=1S/C29H29N5O2/c1-36-19-28(35)34-12-10-33(11-13-34)18-20-2-4-21(5-3-20)24-15-25-26(17-32-29(25)31-16-24)22-6-7-27-23(14-22)8-9-30-27/h2-9,14-17,30H,10-13,18-19H2,1H3,(H,31,32). The van der Waals surface area contributed by atoms with E-state index in [2.05, 4.69) is 69.5 Å². The van der Waals surface area contributed by atoms with Crippen LogP contribution >= 0.6 is 0 Å². The third-order valence-electron chi connectivity index (χ3n) is 7.08. The highest BCUT2D eigenvalue weighted by atomic mass is 16.5. The van der Waals surface area contributed by atoms with Gasteiger partial charge < -0.3 is 19.6 Å². The molecule has 1 aliphatic rings. The summed E-state index contributed by atoms with van der Waals surface area (Å²) in [7, 11) is 1.56. The van der Waals surface area contributed by atoms with Crippen molar-refractivity contribution in [3.63, 3.8) is 0 Å². The minimum Gasteiger partial charge on any atom is -0.375 e. The molecule has 0 aliphatic carbocycles. The van der Waals surface area contributed by atoms with Gasteiger partial charge in [0.25, 0.3) is 0 Å². The fourth-order valence-corrected chi connectivity index (χ4v) is 5.05. The van der Waals surface area contributed by atoms with Crippen molar-refractivity contribution >= 4 is 27.8 Å². The molecular formula is C29H29N5O2. The van der Waals surface area contributed by atoms with Gasteiger partial charge in [-0.15, -0.1) is 0 Å². The van der Waals surface area contributed by atoms with Crippen LogP contribution < -0.4 is 0 Å². The Morgan fingerprint density at radius 3 is 2.56 bits per heavy atom. The van der Waals surface area contributed by atoms with Gasteiger partial charge >= 0.3 is 0 Å². The van der Waals surface area contributed by atoms with Gasteiger partial charge in [0.2, 0.25) is 5.91 Å². The number of methoxy groups -OCH3 is 1. The van der Waals surface area contributed by atoms with E-state index in [1.807, 2.05) is 23.5 Å². The Hall–Kier alpha value is -3.94. The predicted molar refractivity (Wildman–Crippen MR) is 143 cm³/mol. The van der Waals surface area contributed by atoms with Crippen LogP contribution in [0.4, 0.5) is 0 Å². The van der Waals surface area contributed by atoms with Crippen molar-refractivity contribution in [2.45, 2.75) is 6.54 Å². The minimum absolute atomic E-state index is 0.0719. The molecule has 3 aromatic heterocycles. The van der Waals surface area contributed by atoms with Crippen molar-refractivity contribution in [2.24, 2.45) is 0 Å². The Morgan fingerprint density at radius 2 is 1.75 bits per heavy atom. The number of H-pyrrole nitrogens is 2. The van der Waals surface area contributed by atoms with Crippen molar-refractivity contribution in [1.82, 2.24) is 24.8 Å². The second kappa shape index (κ2) is 9.60. The Kier molecular flexibility index (Phi) is 6.01. The molecule has 1 amide bonds. The molecule has 0 unspecified atom stereocenters. The van der Waals surface area contributed by atoms with E-state index in [9.17, 15) is 4.79 Å². The van der Waals surface area contributed by atoms with Crippen LogP contribution in [0.2, 0.25) is 0 Å². The Labute approximate surface area is 209 Å². The smallest absolute Gasteiger partial charge is 0.248 e. The molecule has 5 aromatic rings. The molecule has 7 heteroatoms. The number of aromatic amines is 2. The summed E-state index contributed by atoms with van der Waals surface area (Å²) in [6.45, 7) is 4.30. The second-order valence-electron chi connectivity index (χ2n) is 9.39. The number of ether oxygens (including phenoxy) is 1. The highest BCUT2D eigenvalue weighted by Crippen LogP contribution is 2.32. The molecule has 2 aromatic carbocycles. The maximum absolute atomic E-state index is 12.0. The maximum Gasteiger partial charge on any atom is 0.248 e. The molecule has 0 atom stereocenters. The van der Waals surface area contributed by atoms with Crippen molar-refractivity contribution in [2.75, 3.05) is 39.9 Å². The van der Waals surface area contributed by atoms with Crippen molar-refractivity contribution in [1.29, 1.82) is 0 Å². The third kappa shape index (κ3) is 4.39. The van der Waals surface area contributed by atoms with E-state index in [1.165, 1.54) is 16.5 Å². The van der Waals surface area contributed by atoms with Crippen LogP contribution in [0.1, 0.15) is 5.56 Å². The predicted octanol–water partition coefficient (Wildman–Crippen LogP) is 4.67. The van der Waals surface area contributed by atoms with Gasteiger partial charge in [-0.2, -0.15) is 0 Å². The van der Waals surface area contributed by atoms with Gasteiger partial charge in [0.05, 0.1) is 0 Å². The summed E-state index contributed by atoms with van der Waals surface area (Å²) in [6.07, 6.45) is 5.95. The van der Waals surface area contributed by atoms with E-state index in [1.54, 1.807) is 7.11 Å². The van der Waals surface area contributed by atoms with Crippen LogP contribution in [0.3, 0.4) is 0 Å². The van der Waals surface area contributed by atoms with Crippen molar-refractivity contribution in [3.05, 3.63) is 78.8 Å². The van der Waals surface area contributed by atoms with E-state index in [-0.39, 0.29) is 12.5 Å². The van der Waals surface area contributed by atoms with E-state index < -0.39 is 0 Å². The summed E-state index contributed by atoms with van der Waals surface area (Å²) >= 11 is 0. The molecule has 36 heavy (non-hydrogen) atoms. The van der Waals surface area contributed by atoms with Crippen LogP contribution in [0.15, 0.2) is 73.2 Å². The number of pyridine rings is 1. The number of aromatic nitrogens is 3. The van der Waals surface area contributed by atoms with Crippen LogP contribution in [0.25, 0.3) is 44.2 Å². The first-order valence-electron chi connectivity index (χ1n) is 12.3. The summed E-state index contributed by atoms with van der Waals surface area (Å²) in [6, 6.07) is 19.5. The highest BCUT2D eigenvalue weighted by Gasteiger charge is 2.20. The fourth-order valence-electron chi connectivity index (χ4n) is 5.05. The topological polar surface area (TPSA) is 77.2 Å². The number of amides is 1. The SMILES string of the molecule is COCC(=O)N1CCN(Cc2ccc(-c3cnc4[nH]cc(-c5ccc6[nH]ccc6c5)c4c3)cc2)CC1. The van der Waals surface area contributed by atoms with E-state index in [0.717, 1.165) is 66.0 Å². The summed E-state index contributed by atoms with van der Waals surface area (Å²) in [5, 5.41) is 2.32. The second-order valence-corrected chi connectivity index (χ2v) is 9.39. The van der Waals surface area contributed by atoms with Gasteiger partial charge in [-0.25, -0.2) is 4.98 Å². The van der Waals surface area contributed by atoms with Crippen LogP contribution in [-0.2, 0) is 16.1 Å². The van der Waals surface area contributed by atoms with Gasteiger partial charge in [0, 0.05) is 80.5 Å². The molecule has 7 nitrogen and oxygen atoms in total. The van der Waals surface area contributed by atoms with Gasteiger partial charge in [-0.05, 0) is 46.3 Å². The van der Waals surface area contributed by atoms with Crippen molar-refractivity contribution < 1.29 is 9.53 Å². The number of benzene rings is 2. The van der Waals surface area contributed by atoms with Crippen molar-refractivity contribution in [3.8, 4) is 22.3 Å². The molecule has 0 saturated carbocycles. The first kappa shape index (κ1) is 22.5. The van der Waals surface area contributed by atoms with Crippen LogP contribution in [0.5, 0.6) is 0 Å². The molecule has 0 radical (unpaired) electrons. The molecular weight excluding hydrogens is 450 g/mol. The first-order chi connectivity index (χ1) is 17.7. The molecule has 1 aliphatic heterocycles. The van der Waals surface area contributed by atoms with Gasteiger partial charge in [0.1, 0.15) is 12.3 Å². The number of carbonyl (C=O) groups is 1. The average molecular weight is 480 g/mol. The lowest BCUT2D eigenvalue weighted by Gasteiger charge is -2.34. The number of carbonyl (C=O) groups excluding carboxylic acids is 1. The zero-order chi connectivity index (χ0) is 24.5. The third-order valence-corrected chi connectivity index (χ3v) is 7.08. The number of nitrogens with one attached hydrogen (secondary N) is 2. The van der Waals surface area contributed by atoms with E-state index in [4.69, 9.17) is 9.72 Å².